The number of hydrogen-bond donors (Lipinski definition) is 1. The van der Waals surface area contributed by atoms with Crippen molar-refractivity contribution < 1.29 is 9.53 Å². The van der Waals surface area contributed by atoms with E-state index in [0.29, 0.717) is 11.6 Å². The van der Waals surface area contributed by atoms with Gasteiger partial charge in [0.1, 0.15) is 5.75 Å². The quantitative estimate of drug-likeness (QED) is 0.799. The van der Waals surface area contributed by atoms with E-state index in [0.717, 1.165) is 28.8 Å². The van der Waals surface area contributed by atoms with E-state index in [1.165, 1.54) is 11.3 Å². The maximum Gasteiger partial charge on any atom is 0.226 e. The van der Waals surface area contributed by atoms with Gasteiger partial charge in [0.2, 0.25) is 5.91 Å². The maximum atomic E-state index is 11.6. The smallest absolute Gasteiger partial charge is 0.226 e. The molecule has 0 spiro atoms. The summed E-state index contributed by atoms with van der Waals surface area (Å²) in [6.07, 6.45) is 1.32. The van der Waals surface area contributed by atoms with E-state index in [-0.39, 0.29) is 5.91 Å². The van der Waals surface area contributed by atoms with E-state index in [9.17, 15) is 4.79 Å². The lowest BCUT2D eigenvalue weighted by Gasteiger charge is -2.01. The van der Waals surface area contributed by atoms with Crippen LogP contribution in [0.3, 0.4) is 0 Å². The first-order chi connectivity index (χ1) is 9.72. The zero-order valence-electron chi connectivity index (χ0n) is 11.1. The van der Waals surface area contributed by atoms with Gasteiger partial charge in [-0.15, -0.1) is 11.3 Å². The van der Waals surface area contributed by atoms with Gasteiger partial charge in [0.25, 0.3) is 0 Å². The van der Waals surface area contributed by atoms with Crippen LogP contribution in [0.2, 0.25) is 0 Å². The molecule has 0 fully saturated rings. The monoisotopic (exact) mass is 354 g/mol. The Morgan fingerprint density at radius 3 is 2.80 bits per heavy atom. The largest absolute Gasteiger partial charge is 0.497 e. The minimum atomic E-state index is 0.0000749. The number of methoxy groups -OCH3 is 1. The van der Waals surface area contributed by atoms with E-state index in [1.807, 2.05) is 29.6 Å². The number of rotatable bonds is 6. The molecule has 0 aliphatic heterocycles. The highest BCUT2D eigenvalue weighted by Crippen LogP contribution is 2.26. The number of alkyl halides is 1. The van der Waals surface area contributed by atoms with Gasteiger partial charge in [-0.1, -0.05) is 15.9 Å². The second-order valence-electron chi connectivity index (χ2n) is 4.11. The zero-order chi connectivity index (χ0) is 14.4. The predicted octanol–water partition coefficient (Wildman–Crippen LogP) is 3.93. The summed E-state index contributed by atoms with van der Waals surface area (Å²) >= 11 is 4.74. The Kier molecular flexibility index (Phi) is 5.55. The van der Waals surface area contributed by atoms with Gasteiger partial charge in [0, 0.05) is 22.7 Å². The molecule has 0 unspecified atom stereocenters. The summed E-state index contributed by atoms with van der Waals surface area (Å²) in [5.41, 5.74) is 1.86. The van der Waals surface area contributed by atoms with Crippen LogP contribution in [0.1, 0.15) is 12.8 Å². The molecule has 0 atom stereocenters. The van der Waals surface area contributed by atoms with Gasteiger partial charge >= 0.3 is 0 Å². The van der Waals surface area contributed by atoms with Gasteiger partial charge in [0.05, 0.1) is 12.8 Å². The number of nitrogens with zero attached hydrogens (tertiary/aromatic N) is 1. The second kappa shape index (κ2) is 7.40. The molecule has 0 aliphatic rings. The van der Waals surface area contributed by atoms with E-state index >= 15 is 0 Å². The third kappa shape index (κ3) is 4.05. The summed E-state index contributed by atoms with van der Waals surface area (Å²) in [7, 11) is 1.64. The number of nitrogens with one attached hydrogen (secondary N) is 1. The lowest BCUT2D eigenvalue weighted by molar-refractivity contribution is -0.116. The lowest BCUT2D eigenvalue weighted by atomic mass is 10.2. The fourth-order valence-corrected chi connectivity index (χ4v) is 2.65. The first-order valence-electron chi connectivity index (χ1n) is 6.18. The fourth-order valence-electron chi connectivity index (χ4n) is 1.63. The number of thiazole rings is 1. The molecular formula is C14H15BrN2O2S. The minimum Gasteiger partial charge on any atom is -0.497 e. The highest BCUT2D eigenvalue weighted by Gasteiger charge is 2.07. The molecule has 0 saturated heterocycles. The number of ether oxygens (including phenoxy) is 1. The third-order valence-corrected chi connectivity index (χ3v) is 3.99. The summed E-state index contributed by atoms with van der Waals surface area (Å²) in [6, 6.07) is 7.68. The standard InChI is InChI=1S/C14H15BrN2O2S/c1-19-11-6-4-10(5-7-11)12-9-20-14(16-12)17-13(18)3-2-8-15/h4-7,9H,2-3,8H2,1H3,(H,16,17,18). The van der Waals surface area contributed by atoms with Crippen molar-refractivity contribution in [3.05, 3.63) is 29.6 Å². The Labute approximate surface area is 130 Å². The van der Waals surface area contributed by atoms with Crippen molar-refractivity contribution in [2.75, 3.05) is 17.8 Å². The summed E-state index contributed by atoms with van der Waals surface area (Å²) in [6.45, 7) is 0. The summed E-state index contributed by atoms with van der Waals surface area (Å²) in [5, 5.41) is 6.21. The molecule has 0 bridgehead atoms. The maximum absolute atomic E-state index is 11.6. The van der Waals surface area contributed by atoms with Crippen LogP contribution < -0.4 is 10.1 Å². The Hall–Kier alpha value is -1.40. The molecule has 1 heterocycles. The van der Waals surface area contributed by atoms with Crippen molar-refractivity contribution in [3.8, 4) is 17.0 Å². The first kappa shape index (κ1) is 15.0. The molecule has 1 aromatic heterocycles. The molecule has 1 amide bonds. The molecule has 0 saturated carbocycles. The van der Waals surface area contributed by atoms with Gasteiger partial charge < -0.3 is 10.1 Å². The van der Waals surface area contributed by atoms with E-state index in [4.69, 9.17) is 4.74 Å². The number of halogens is 1. The number of amides is 1. The summed E-state index contributed by atoms with van der Waals surface area (Å²) in [5.74, 6) is 0.812. The van der Waals surface area contributed by atoms with Crippen LogP contribution in [-0.2, 0) is 4.79 Å². The van der Waals surface area contributed by atoms with Crippen molar-refractivity contribution in [2.45, 2.75) is 12.8 Å². The van der Waals surface area contributed by atoms with Gasteiger partial charge in [-0.2, -0.15) is 0 Å². The van der Waals surface area contributed by atoms with Crippen LogP contribution in [-0.4, -0.2) is 23.3 Å². The number of carbonyl (C=O) groups excluding carboxylic acids is 1. The molecule has 106 valence electrons. The number of carbonyl (C=O) groups is 1. The molecule has 0 radical (unpaired) electrons. The third-order valence-electron chi connectivity index (χ3n) is 2.67. The van der Waals surface area contributed by atoms with Crippen molar-refractivity contribution >= 4 is 38.3 Å². The molecule has 2 aromatic rings. The van der Waals surface area contributed by atoms with Crippen LogP contribution in [0.5, 0.6) is 5.75 Å². The zero-order valence-corrected chi connectivity index (χ0v) is 13.5. The van der Waals surface area contributed by atoms with E-state index in [1.54, 1.807) is 7.11 Å². The van der Waals surface area contributed by atoms with Crippen LogP contribution >= 0.6 is 27.3 Å². The van der Waals surface area contributed by atoms with E-state index < -0.39 is 0 Å². The minimum absolute atomic E-state index is 0.0000749. The summed E-state index contributed by atoms with van der Waals surface area (Å²) < 4.78 is 5.12. The van der Waals surface area contributed by atoms with Crippen molar-refractivity contribution in [1.29, 1.82) is 0 Å². The van der Waals surface area contributed by atoms with E-state index in [2.05, 4.69) is 26.2 Å². The Morgan fingerprint density at radius 2 is 2.15 bits per heavy atom. The Balaban J connectivity index is 2.02. The first-order valence-corrected chi connectivity index (χ1v) is 8.19. The molecule has 20 heavy (non-hydrogen) atoms. The van der Waals surface area contributed by atoms with Crippen LogP contribution in [0.4, 0.5) is 5.13 Å². The molecule has 1 aromatic carbocycles. The number of anilines is 1. The number of aromatic nitrogens is 1. The van der Waals surface area contributed by atoms with Gasteiger partial charge in [-0.3, -0.25) is 4.79 Å². The molecule has 1 N–H and O–H groups in total. The second-order valence-corrected chi connectivity index (χ2v) is 5.76. The number of benzene rings is 1. The van der Waals surface area contributed by atoms with Crippen LogP contribution in [0.25, 0.3) is 11.3 Å². The molecular weight excluding hydrogens is 340 g/mol. The highest BCUT2D eigenvalue weighted by atomic mass is 79.9. The average Bonchev–Trinajstić information content (AvgIpc) is 2.93. The lowest BCUT2D eigenvalue weighted by Crippen LogP contribution is -2.10. The fraction of sp³-hybridized carbons (Fsp3) is 0.286. The van der Waals surface area contributed by atoms with Crippen molar-refractivity contribution in [2.24, 2.45) is 0 Å². The molecule has 4 nitrogen and oxygen atoms in total. The Bertz CT molecular complexity index is 569. The normalized spacial score (nSPS) is 10.3. The highest BCUT2D eigenvalue weighted by molar-refractivity contribution is 9.09. The van der Waals surface area contributed by atoms with Crippen molar-refractivity contribution in [3.63, 3.8) is 0 Å². The summed E-state index contributed by atoms with van der Waals surface area (Å²) in [4.78, 5) is 16.0. The molecule has 6 heteroatoms. The van der Waals surface area contributed by atoms with Gasteiger partial charge in [-0.25, -0.2) is 4.98 Å². The topological polar surface area (TPSA) is 51.2 Å². The molecule has 2 rings (SSSR count). The number of hydrogen-bond acceptors (Lipinski definition) is 4. The molecule has 0 aliphatic carbocycles. The van der Waals surface area contributed by atoms with Crippen LogP contribution in [0.15, 0.2) is 29.6 Å². The SMILES string of the molecule is COc1ccc(-c2csc(NC(=O)CCCBr)n2)cc1. The van der Waals surface area contributed by atoms with Crippen LogP contribution in [0, 0.1) is 0 Å². The Morgan fingerprint density at radius 1 is 1.40 bits per heavy atom. The predicted molar refractivity (Wildman–Crippen MR) is 85.8 cm³/mol. The van der Waals surface area contributed by atoms with Crippen molar-refractivity contribution in [1.82, 2.24) is 4.98 Å². The average molecular weight is 355 g/mol. The van der Waals surface area contributed by atoms with Gasteiger partial charge in [-0.05, 0) is 30.7 Å². The van der Waals surface area contributed by atoms with Gasteiger partial charge in [0.15, 0.2) is 5.13 Å².